The van der Waals surface area contributed by atoms with Crippen molar-refractivity contribution in [2.24, 2.45) is 0 Å². The van der Waals surface area contributed by atoms with Crippen LogP contribution < -0.4 is 15.8 Å². The van der Waals surface area contributed by atoms with Gasteiger partial charge in [0.15, 0.2) is 17.3 Å². The fourth-order valence-corrected chi connectivity index (χ4v) is 6.01. The average molecular weight is 637 g/mol. The third kappa shape index (κ3) is 7.37. The standard InChI is InChI=1S/C31H36N6O7S/c1-31(2,30(38)39)37-10-11-41-12-13-42-14-15-43-26-16-21(4-5-22(26)18-33-3)24-17-27(44-36-24)28-29(32)34-19-25(35-28)20-6-8-23(9-7-20)45(37)40/h4-9,16-17,19,33H,10-15,18H2,1-3H3,(H2,32,34)(H,38,39). The molecule has 1 unspecified atom stereocenters. The Balaban J connectivity index is 1.50. The minimum Gasteiger partial charge on any atom is -0.491 e. The molecule has 0 spiro atoms. The summed E-state index contributed by atoms with van der Waals surface area (Å²) < 4.78 is 38.2. The summed E-state index contributed by atoms with van der Waals surface area (Å²) in [6.07, 6.45) is 1.54. The number of aromatic nitrogens is 3. The Bertz CT molecular complexity index is 1660. The number of nitrogens with two attached hydrogens (primary N) is 1. The largest absolute Gasteiger partial charge is 0.491 e. The summed E-state index contributed by atoms with van der Waals surface area (Å²) in [6, 6.07) is 14.4. The zero-order valence-corrected chi connectivity index (χ0v) is 26.1. The fraction of sp³-hybridized carbons (Fsp3) is 0.355. The van der Waals surface area contributed by atoms with Gasteiger partial charge in [-0.25, -0.2) is 18.5 Å². The van der Waals surface area contributed by atoms with Crippen LogP contribution in [0.4, 0.5) is 5.82 Å². The summed E-state index contributed by atoms with van der Waals surface area (Å²) in [5.41, 5.74) is 8.61. The number of hydrogen-bond donors (Lipinski definition) is 3. The van der Waals surface area contributed by atoms with Crippen LogP contribution in [0.15, 0.2) is 64.1 Å². The average Bonchev–Trinajstić information content (AvgIpc) is 3.52. The van der Waals surface area contributed by atoms with Crippen molar-refractivity contribution in [2.75, 3.05) is 52.4 Å². The summed E-state index contributed by atoms with van der Waals surface area (Å²) in [4.78, 5) is 21.5. The highest BCUT2D eigenvalue weighted by molar-refractivity contribution is 7.82. The number of hydrogen-bond acceptors (Lipinski definition) is 11. The van der Waals surface area contributed by atoms with Gasteiger partial charge < -0.3 is 34.9 Å². The molecule has 4 heterocycles. The normalized spacial score (nSPS) is 16.9. The van der Waals surface area contributed by atoms with Crippen molar-refractivity contribution in [2.45, 2.75) is 30.8 Å². The first-order valence-electron chi connectivity index (χ1n) is 14.4. The second-order valence-electron chi connectivity index (χ2n) is 10.7. The molecule has 0 amide bonds. The van der Waals surface area contributed by atoms with E-state index >= 15 is 0 Å². The second-order valence-corrected chi connectivity index (χ2v) is 12.1. The summed E-state index contributed by atoms with van der Waals surface area (Å²) in [7, 11) is 0.0637. The first-order chi connectivity index (χ1) is 21.7. The summed E-state index contributed by atoms with van der Waals surface area (Å²) in [5.74, 6) is 0.0861. The van der Waals surface area contributed by atoms with Crippen molar-refractivity contribution >= 4 is 22.8 Å². The quantitative estimate of drug-likeness (QED) is 0.279. The number of nitrogens with one attached hydrogen (secondary N) is 1. The van der Waals surface area contributed by atoms with Gasteiger partial charge >= 0.3 is 5.97 Å². The number of benzene rings is 2. The monoisotopic (exact) mass is 636 g/mol. The number of nitrogens with zero attached hydrogens (tertiary/aromatic N) is 4. The van der Waals surface area contributed by atoms with E-state index in [0.717, 1.165) is 11.1 Å². The van der Waals surface area contributed by atoms with Gasteiger partial charge in [0.1, 0.15) is 34.6 Å². The molecule has 0 saturated carbocycles. The molecule has 0 radical (unpaired) electrons. The van der Waals surface area contributed by atoms with E-state index < -0.39 is 22.5 Å². The Morgan fingerprint density at radius 3 is 2.47 bits per heavy atom. The van der Waals surface area contributed by atoms with Crippen LogP contribution in [0.1, 0.15) is 19.4 Å². The molecule has 45 heavy (non-hydrogen) atoms. The maximum Gasteiger partial charge on any atom is 0.324 e. The van der Waals surface area contributed by atoms with Crippen molar-refractivity contribution in [1.29, 1.82) is 0 Å². The SMILES string of the molecule is CNCc1ccc2cc1OCCOCCOCCN(C(C)(C)C(=O)O)S(=O)c1ccc(cc1)-c1cnc(N)c(n1)-c1cc-2no1. The molecule has 8 bridgehead atoms. The van der Waals surface area contributed by atoms with Gasteiger partial charge in [0.25, 0.3) is 0 Å². The smallest absolute Gasteiger partial charge is 0.324 e. The summed E-state index contributed by atoms with van der Waals surface area (Å²) >= 11 is 0. The Labute approximate surface area is 263 Å². The number of fused-ring (bicyclic) bond motifs is 12. The van der Waals surface area contributed by atoms with E-state index in [2.05, 4.69) is 15.5 Å². The van der Waals surface area contributed by atoms with Crippen molar-refractivity contribution in [3.05, 3.63) is 60.3 Å². The Kier molecular flexibility index (Phi) is 10.2. The highest BCUT2D eigenvalue weighted by atomic mass is 32.2. The zero-order valence-electron chi connectivity index (χ0n) is 25.3. The number of carboxylic acid groups (broad SMARTS) is 1. The maximum atomic E-state index is 13.6. The van der Waals surface area contributed by atoms with E-state index in [1.807, 2.05) is 25.2 Å². The molecule has 2 aliphatic heterocycles. The van der Waals surface area contributed by atoms with Crippen LogP contribution in [-0.4, -0.2) is 86.9 Å². The first kappa shape index (κ1) is 32.2. The molecule has 1 atom stereocenters. The molecule has 2 aromatic carbocycles. The van der Waals surface area contributed by atoms with Crippen LogP contribution >= 0.6 is 0 Å². The molecule has 238 valence electrons. The molecule has 2 aliphatic rings. The van der Waals surface area contributed by atoms with Crippen molar-refractivity contribution in [3.63, 3.8) is 0 Å². The minimum absolute atomic E-state index is 0.118. The lowest BCUT2D eigenvalue weighted by molar-refractivity contribution is -0.146. The molecular formula is C31H36N6O7S. The van der Waals surface area contributed by atoms with Gasteiger partial charge in [-0.15, -0.1) is 0 Å². The summed E-state index contributed by atoms with van der Waals surface area (Å²) in [5, 5.41) is 17.3. The number of rotatable bonds is 4. The number of nitrogen functional groups attached to an aromatic ring is 1. The highest BCUT2D eigenvalue weighted by Gasteiger charge is 2.38. The van der Waals surface area contributed by atoms with Crippen LogP contribution in [0.5, 0.6) is 5.75 Å². The van der Waals surface area contributed by atoms with E-state index in [1.54, 1.807) is 30.3 Å². The maximum absolute atomic E-state index is 13.6. The predicted octanol–water partition coefficient (Wildman–Crippen LogP) is 3.38. The van der Waals surface area contributed by atoms with Crippen LogP contribution in [0.3, 0.4) is 0 Å². The Morgan fingerprint density at radius 2 is 1.73 bits per heavy atom. The number of aliphatic carboxylic acids is 1. The molecule has 13 nitrogen and oxygen atoms in total. The predicted molar refractivity (Wildman–Crippen MR) is 168 cm³/mol. The molecule has 0 fully saturated rings. The number of anilines is 1. The van der Waals surface area contributed by atoms with Gasteiger partial charge in [-0.1, -0.05) is 29.4 Å². The number of ether oxygens (including phenoxy) is 3. The number of carbonyl (C=O) groups is 1. The molecule has 6 rings (SSSR count). The van der Waals surface area contributed by atoms with Crippen LogP contribution in [0.2, 0.25) is 0 Å². The lowest BCUT2D eigenvalue weighted by Crippen LogP contribution is -2.52. The van der Waals surface area contributed by atoms with E-state index in [9.17, 15) is 14.1 Å². The first-order valence-corrected chi connectivity index (χ1v) is 15.5. The molecule has 4 aromatic rings. The van der Waals surface area contributed by atoms with Gasteiger partial charge in [-0.05, 0) is 39.1 Å². The second kappa shape index (κ2) is 14.3. The molecule has 14 heteroatoms. The van der Waals surface area contributed by atoms with Crippen LogP contribution in [-0.2, 0) is 31.8 Å². The number of carboxylic acids is 1. The summed E-state index contributed by atoms with van der Waals surface area (Å²) in [6.45, 7) is 5.13. The molecule has 2 aromatic heterocycles. The lowest BCUT2D eigenvalue weighted by Gasteiger charge is -2.33. The van der Waals surface area contributed by atoms with Crippen LogP contribution in [0, 0.1) is 0 Å². The third-order valence-corrected chi connectivity index (χ3v) is 8.98. The highest BCUT2D eigenvalue weighted by Crippen LogP contribution is 2.32. The van der Waals surface area contributed by atoms with Gasteiger partial charge in [0.2, 0.25) is 0 Å². The lowest BCUT2D eigenvalue weighted by atomic mass is 10.1. The van der Waals surface area contributed by atoms with E-state index in [-0.39, 0.29) is 25.6 Å². The Morgan fingerprint density at radius 1 is 1.02 bits per heavy atom. The minimum atomic E-state index is -1.80. The van der Waals surface area contributed by atoms with E-state index in [4.69, 9.17) is 29.5 Å². The van der Waals surface area contributed by atoms with E-state index in [0.29, 0.717) is 65.4 Å². The Hall–Kier alpha value is -4.21. The molecule has 0 saturated heterocycles. The molecule has 0 aliphatic carbocycles. The fourth-order valence-electron chi connectivity index (χ4n) is 4.65. The van der Waals surface area contributed by atoms with Crippen molar-refractivity contribution in [3.8, 4) is 39.7 Å². The van der Waals surface area contributed by atoms with E-state index in [1.165, 1.54) is 24.3 Å². The molecule has 4 N–H and O–H groups in total. The zero-order chi connectivity index (χ0) is 32.0. The van der Waals surface area contributed by atoms with Crippen molar-refractivity contribution in [1.82, 2.24) is 24.7 Å². The van der Waals surface area contributed by atoms with Crippen LogP contribution in [0.25, 0.3) is 34.0 Å². The topological polar surface area (TPSA) is 175 Å². The van der Waals surface area contributed by atoms with Gasteiger partial charge in [-0.3, -0.25) is 4.79 Å². The van der Waals surface area contributed by atoms with Gasteiger partial charge in [0.05, 0.1) is 43.2 Å². The molecular weight excluding hydrogens is 600 g/mol. The third-order valence-electron chi connectivity index (χ3n) is 7.27. The van der Waals surface area contributed by atoms with Gasteiger partial charge in [0, 0.05) is 35.8 Å². The van der Waals surface area contributed by atoms with Crippen molar-refractivity contribution < 1.29 is 32.8 Å². The van der Waals surface area contributed by atoms with Gasteiger partial charge in [-0.2, -0.15) is 0 Å².